The molecule has 0 saturated heterocycles. The minimum atomic E-state index is -0.301. The van der Waals surface area contributed by atoms with Crippen molar-refractivity contribution in [1.29, 1.82) is 0 Å². The normalized spacial score (nSPS) is 10.2. The lowest BCUT2D eigenvalue weighted by Crippen LogP contribution is -2.28. The third-order valence-electron chi connectivity index (χ3n) is 3.14. The second-order valence-electron chi connectivity index (χ2n) is 4.89. The molecule has 2 aromatic rings. The fourth-order valence-electron chi connectivity index (χ4n) is 1.97. The molecule has 0 fully saturated rings. The van der Waals surface area contributed by atoms with Gasteiger partial charge >= 0.3 is 0 Å². The number of rotatable bonds is 5. The second-order valence-corrected chi connectivity index (χ2v) is 4.89. The largest absolute Gasteiger partial charge is 0.507 e. The van der Waals surface area contributed by atoms with E-state index in [1.807, 2.05) is 38.1 Å². The summed E-state index contributed by atoms with van der Waals surface area (Å²) in [6, 6.07) is 12.7. The Kier molecular flexibility index (Phi) is 4.82. The molecule has 0 heterocycles. The second kappa shape index (κ2) is 6.79. The number of ether oxygens (including phenoxy) is 1. The van der Waals surface area contributed by atoms with Gasteiger partial charge in [0.1, 0.15) is 18.1 Å². The van der Waals surface area contributed by atoms with Crippen molar-refractivity contribution in [3.63, 3.8) is 0 Å². The first kappa shape index (κ1) is 14.9. The summed E-state index contributed by atoms with van der Waals surface area (Å²) in [5, 5.41) is 12.4. The summed E-state index contributed by atoms with van der Waals surface area (Å²) in [5.41, 5.74) is 2.26. The summed E-state index contributed by atoms with van der Waals surface area (Å²) in [5.74, 6) is 0.493. The van der Waals surface area contributed by atoms with Gasteiger partial charge in [0.25, 0.3) is 5.91 Å². The summed E-state index contributed by atoms with van der Waals surface area (Å²) in [6.45, 7) is 4.60. The first-order valence-corrected chi connectivity index (χ1v) is 6.84. The van der Waals surface area contributed by atoms with E-state index in [0.717, 1.165) is 16.9 Å². The number of aromatic hydroxyl groups is 1. The van der Waals surface area contributed by atoms with Gasteiger partial charge in [0, 0.05) is 0 Å². The number of hydrogen-bond donors (Lipinski definition) is 2. The molecule has 0 radical (unpaired) electrons. The van der Waals surface area contributed by atoms with Crippen LogP contribution < -0.4 is 10.1 Å². The molecule has 110 valence electrons. The summed E-state index contributed by atoms with van der Waals surface area (Å²) >= 11 is 0. The maximum Gasteiger partial charge on any atom is 0.255 e. The highest BCUT2D eigenvalue weighted by molar-refractivity contribution is 5.96. The molecule has 21 heavy (non-hydrogen) atoms. The van der Waals surface area contributed by atoms with Crippen molar-refractivity contribution in [2.24, 2.45) is 0 Å². The van der Waals surface area contributed by atoms with E-state index in [-0.39, 0.29) is 17.2 Å². The van der Waals surface area contributed by atoms with Crippen LogP contribution in [0.2, 0.25) is 0 Å². The number of phenols is 1. The minimum Gasteiger partial charge on any atom is -0.507 e. The molecule has 1 amide bonds. The van der Waals surface area contributed by atoms with Crippen LogP contribution in [-0.2, 0) is 0 Å². The van der Waals surface area contributed by atoms with Gasteiger partial charge in [-0.3, -0.25) is 4.79 Å². The van der Waals surface area contributed by atoms with Gasteiger partial charge in [-0.25, -0.2) is 0 Å². The number of aryl methyl sites for hydroxylation is 2. The average molecular weight is 285 g/mol. The van der Waals surface area contributed by atoms with Gasteiger partial charge in [-0.1, -0.05) is 29.8 Å². The molecule has 0 unspecified atom stereocenters. The average Bonchev–Trinajstić information content (AvgIpc) is 2.47. The van der Waals surface area contributed by atoms with Gasteiger partial charge in [0.15, 0.2) is 0 Å². The molecule has 0 aliphatic heterocycles. The van der Waals surface area contributed by atoms with E-state index < -0.39 is 0 Å². The maximum absolute atomic E-state index is 12.0. The van der Waals surface area contributed by atoms with Crippen molar-refractivity contribution in [3.8, 4) is 11.5 Å². The summed E-state index contributed by atoms with van der Waals surface area (Å²) in [6.07, 6.45) is 0. The van der Waals surface area contributed by atoms with Crippen molar-refractivity contribution in [2.45, 2.75) is 13.8 Å². The topological polar surface area (TPSA) is 58.6 Å². The first-order valence-electron chi connectivity index (χ1n) is 6.84. The number of carbonyl (C=O) groups excluding carboxylic acids is 1. The standard InChI is InChI=1S/C17H19NO3/c1-12-7-8-15(19)14(11-12)17(20)18-9-10-21-16-6-4-3-5-13(16)2/h3-8,11,19H,9-10H2,1-2H3,(H,18,20). The Balaban J connectivity index is 1.85. The van der Waals surface area contributed by atoms with E-state index in [0.29, 0.717) is 13.2 Å². The van der Waals surface area contributed by atoms with Crippen LogP contribution in [0.15, 0.2) is 42.5 Å². The highest BCUT2D eigenvalue weighted by Gasteiger charge is 2.10. The minimum absolute atomic E-state index is 0.0158. The Morgan fingerprint density at radius 1 is 1.19 bits per heavy atom. The first-order chi connectivity index (χ1) is 10.1. The molecule has 0 aliphatic carbocycles. The number of nitrogens with one attached hydrogen (secondary N) is 1. The Labute approximate surface area is 124 Å². The lowest BCUT2D eigenvalue weighted by atomic mass is 10.1. The van der Waals surface area contributed by atoms with Crippen molar-refractivity contribution in [2.75, 3.05) is 13.2 Å². The SMILES string of the molecule is Cc1ccc(O)c(C(=O)NCCOc2ccccc2C)c1. The molecule has 0 aromatic heterocycles. The molecule has 0 aliphatic rings. The summed E-state index contributed by atoms with van der Waals surface area (Å²) in [7, 11) is 0. The van der Waals surface area contributed by atoms with E-state index >= 15 is 0 Å². The highest BCUT2D eigenvalue weighted by Crippen LogP contribution is 2.18. The molecular weight excluding hydrogens is 266 g/mol. The van der Waals surface area contributed by atoms with Gasteiger partial charge in [0.2, 0.25) is 0 Å². The lowest BCUT2D eigenvalue weighted by molar-refractivity contribution is 0.0944. The van der Waals surface area contributed by atoms with E-state index in [2.05, 4.69) is 5.32 Å². The van der Waals surface area contributed by atoms with Crippen LogP contribution in [0.25, 0.3) is 0 Å². The van der Waals surface area contributed by atoms with Crippen LogP contribution in [-0.4, -0.2) is 24.2 Å². The van der Waals surface area contributed by atoms with Crippen molar-refractivity contribution in [1.82, 2.24) is 5.32 Å². The zero-order valence-electron chi connectivity index (χ0n) is 12.2. The van der Waals surface area contributed by atoms with Crippen LogP contribution in [0.3, 0.4) is 0 Å². The number of para-hydroxylation sites is 1. The van der Waals surface area contributed by atoms with Crippen LogP contribution in [0, 0.1) is 13.8 Å². The van der Waals surface area contributed by atoms with E-state index in [1.54, 1.807) is 12.1 Å². The fraction of sp³-hybridized carbons (Fsp3) is 0.235. The molecule has 0 saturated carbocycles. The molecule has 4 heteroatoms. The lowest BCUT2D eigenvalue weighted by Gasteiger charge is -2.10. The number of amides is 1. The molecule has 0 bridgehead atoms. The highest BCUT2D eigenvalue weighted by atomic mass is 16.5. The van der Waals surface area contributed by atoms with Gasteiger partial charge in [0.05, 0.1) is 12.1 Å². The number of carbonyl (C=O) groups is 1. The van der Waals surface area contributed by atoms with Crippen molar-refractivity contribution >= 4 is 5.91 Å². The van der Waals surface area contributed by atoms with Crippen LogP contribution in [0.5, 0.6) is 11.5 Å². The quantitative estimate of drug-likeness (QED) is 0.831. The number of hydrogen-bond acceptors (Lipinski definition) is 3. The number of phenolic OH excluding ortho intramolecular Hbond substituents is 1. The predicted molar refractivity (Wildman–Crippen MR) is 81.9 cm³/mol. The van der Waals surface area contributed by atoms with Crippen LogP contribution >= 0.6 is 0 Å². The monoisotopic (exact) mass is 285 g/mol. The summed E-state index contributed by atoms with van der Waals surface area (Å²) in [4.78, 5) is 12.0. The van der Waals surface area contributed by atoms with Crippen LogP contribution in [0.1, 0.15) is 21.5 Å². The predicted octanol–water partition coefficient (Wildman–Crippen LogP) is 2.82. The van der Waals surface area contributed by atoms with Crippen LogP contribution in [0.4, 0.5) is 0 Å². The molecule has 4 nitrogen and oxygen atoms in total. The van der Waals surface area contributed by atoms with Gasteiger partial charge in [-0.15, -0.1) is 0 Å². The van der Waals surface area contributed by atoms with Crippen molar-refractivity contribution < 1.29 is 14.6 Å². The Morgan fingerprint density at radius 3 is 2.71 bits per heavy atom. The molecule has 2 aromatic carbocycles. The zero-order valence-corrected chi connectivity index (χ0v) is 12.2. The third kappa shape index (κ3) is 3.99. The van der Waals surface area contributed by atoms with Crippen molar-refractivity contribution in [3.05, 3.63) is 59.2 Å². The molecule has 0 spiro atoms. The smallest absolute Gasteiger partial charge is 0.255 e. The molecule has 2 rings (SSSR count). The van der Waals surface area contributed by atoms with Gasteiger partial charge in [-0.05, 0) is 37.6 Å². The molecule has 0 atom stereocenters. The molecule has 2 N–H and O–H groups in total. The zero-order chi connectivity index (χ0) is 15.2. The fourth-order valence-corrected chi connectivity index (χ4v) is 1.97. The van der Waals surface area contributed by atoms with Gasteiger partial charge in [-0.2, -0.15) is 0 Å². The third-order valence-corrected chi connectivity index (χ3v) is 3.14. The maximum atomic E-state index is 12.0. The Morgan fingerprint density at radius 2 is 1.95 bits per heavy atom. The van der Waals surface area contributed by atoms with E-state index in [9.17, 15) is 9.90 Å². The van der Waals surface area contributed by atoms with Gasteiger partial charge < -0.3 is 15.2 Å². The van der Waals surface area contributed by atoms with E-state index in [1.165, 1.54) is 6.07 Å². The summed E-state index contributed by atoms with van der Waals surface area (Å²) < 4.78 is 5.60. The number of benzene rings is 2. The molecular formula is C17H19NO3. The Bertz CT molecular complexity index is 638. The van der Waals surface area contributed by atoms with E-state index in [4.69, 9.17) is 4.74 Å². The Hall–Kier alpha value is -2.49.